The zero-order valence-corrected chi connectivity index (χ0v) is 13.0. The molecule has 21 heavy (non-hydrogen) atoms. The van der Waals surface area contributed by atoms with Gasteiger partial charge in [0.15, 0.2) is 0 Å². The molecule has 0 aliphatic heterocycles. The number of benzene rings is 2. The lowest BCUT2D eigenvalue weighted by Gasteiger charge is -2.09. The van der Waals surface area contributed by atoms with Gasteiger partial charge in [0, 0.05) is 33.4 Å². The Hall–Kier alpha value is -2.10. The standard InChI is InChI=1S/C14H9BrClN3O2/c15-12-5-9(7-17)1-4-13(12)18-8-10-2-3-11(16)6-14(10)19(20)21/h1-6,18H,8H2. The van der Waals surface area contributed by atoms with Crippen molar-refractivity contribution in [3.8, 4) is 6.07 Å². The second-order valence-corrected chi connectivity index (χ2v) is 5.48. The highest BCUT2D eigenvalue weighted by atomic mass is 79.9. The Morgan fingerprint density at radius 2 is 2.10 bits per heavy atom. The topological polar surface area (TPSA) is 79.0 Å². The van der Waals surface area contributed by atoms with E-state index < -0.39 is 4.92 Å². The van der Waals surface area contributed by atoms with E-state index in [2.05, 4.69) is 21.2 Å². The third-order valence-electron chi connectivity index (χ3n) is 2.81. The van der Waals surface area contributed by atoms with Gasteiger partial charge in [0.1, 0.15) is 0 Å². The molecule has 0 aliphatic carbocycles. The van der Waals surface area contributed by atoms with Crippen molar-refractivity contribution in [2.75, 3.05) is 5.32 Å². The Morgan fingerprint density at radius 3 is 2.71 bits per heavy atom. The molecule has 0 atom stereocenters. The first kappa shape index (κ1) is 15.3. The molecule has 5 nitrogen and oxygen atoms in total. The fourth-order valence-electron chi connectivity index (χ4n) is 1.77. The van der Waals surface area contributed by atoms with Crippen LogP contribution in [0, 0.1) is 21.4 Å². The Morgan fingerprint density at radius 1 is 1.33 bits per heavy atom. The minimum absolute atomic E-state index is 0.0280. The third kappa shape index (κ3) is 3.72. The summed E-state index contributed by atoms with van der Waals surface area (Å²) in [6.07, 6.45) is 0. The van der Waals surface area contributed by atoms with Gasteiger partial charge in [-0.05, 0) is 46.3 Å². The van der Waals surface area contributed by atoms with Crippen LogP contribution < -0.4 is 5.32 Å². The van der Waals surface area contributed by atoms with Crippen LogP contribution in [0.25, 0.3) is 0 Å². The number of nitro benzene ring substituents is 1. The lowest BCUT2D eigenvalue weighted by molar-refractivity contribution is -0.385. The Balaban J connectivity index is 2.21. The summed E-state index contributed by atoms with van der Waals surface area (Å²) in [4.78, 5) is 10.5. The van der Waals surface area contributed by atoms with Gasteiger partial charge in [-0.15, -0.1) is 0 Å². The summed E-state index contributed by atoms with van der Waals surface area (Å²) >= 11 is 9.13. The number of halogens is 2. The number of nitrogens with zero attached hydrogens (tertiary/aromatic N) is 2. The fraction of sp³-hybridized carbons (Fsp3) is 0.0714. The van der Waals surface area contributed by atoms with Crippen molar-refractivity contribution in [3.63, 3.8) is 0 Å². The van der Waals surface area contributed by atoms with Crippen LogP contribution in [0.15, 0.2) is 40.9 Å². The molecule has 2 rings (SSSR count). The first-order chi connectivity index (χ1) is 10.0. The van der Waals surface area contributed by atoms with E-state index in [9.17, 15) is 10.1 Å². The van der Waals surface area contributed by atoms with Crippen LogP contribution in [-0.4, -0.2) is 4.92 Å². The second-order valence-electron chi connectivity index (χ2n) is 4.19. The average Bonchev–Trinajstić information content (AvgIpc) is 2.46. The monoisotopic (exact) mass is 365 g/mol. The van der Waals surface area contributed by atoms with Crippen LogP contribution in [0.1, 0.15) is 11.1 Å². The second kappa shape index (κ2) is 6.57. The van der Waals surface area contributed by atoms with E-state index >= 15 is 0 Å². The highest BCUT2D eigenvalue weighted by Crippen LogP contribution is 2.27. The van der Waals surface area contributed by atoms with E-state index in [0.29, 0.717) is 16.1 Å². The maximum absolute atomic E-state index is 11.0. The van der Waals surface area contributed by atoms with Crippen molar-refractivity contribution in [3.05, 3.63) is 67.1 Å². The van der Waals surface area contributed by atoms with Gasteiger partial charge in [0.2, 0.25) is 0 Å². The highest BCUT2D eigenvalue weighted by Gasteiger charge is 2.14. The van der Waals surface area contributed by atoms with Gasteiger partial charge < -0.3 is 5.32 Å². The van der Waals surface area contributed by atoms with E-state index in [1.54, 1.807) is 30.3 Å². The van der Waals surface area contributed by atoms with Crippen LogP contribution >= 0.6 is 27.5 Å². The molecule has 106 valence electrons. The third-order valence-corrected chi connectivity index (χ3v) is 3.70. The molecule has 0 spiro atoms. The molecule has 0 amide bonds. The molecule has 0 bridgehead atoms. The predicted molar refractivity (Wildman–Crippen MR) is 84.3 cm³/mol. The Labute approximate surface area is 134 Å². The summed E-state index contributed by atoms with van der Waals surface area (Å²) in [5.41, 5.74) is 1.78. The van der Waals surface area contributed by atoms with Crippen molar-refractivity contribution >= 4 is 38.9 Å². The zero-order valence-electron chi connectivity index (χ0n) is 10.6. The molecule has 0 aromatic heterocycles. The number of nitriles is 1. The van der Waals surface area contributed by atoms with Gasteiger partial charge in [0.05, 0.1) is 16.6 Å². The van der Waals surface area contributed by atoms with Crippen LogP contribution in [0.3, 0.4) is 0 Å². The van der Waals surface area contributed by atoms with Crippen LogP contribution in [-0.2, 0) is 6.54 Å². The van der Waals surface area contributed by atoms with Crippen molar-refractivity contribution in [1.82, 2.24) is 0 Å². The molecule has 0 heterocycles. The SMILES string of the molecule is N#Cc1ccc(NCc2ccc(Cl)cc2[N+](=O)[O-])c(Br)c1. The van der Waals surface area contributed by atoms with Gasteiger partial charge >= 0.3 is 0 Å². The minimum atomic E-state index is -0.462. The number of hydrogen-bond donors (Lipinski definition) is 1. The lowest BCUT2D eigenvalue weighted by Crippen LogP contribution is -2.03. The molecule has 0 unspecified atom stereocenters. The molecule has 0 saturated heterocycles. The minimum Gasteiger partial charge on any atom is -0.380 e. The van der Waals surface area contributed by atoms with E-state index in [0.717, 1.165) is 10.2 Å². The summed E-state index contributed by atoms with van der Waals surface area (Å²) in [6, 6.07) is 11.7. The van der Waals surface area contributed by atoms with E-state index in [4.69, 9.17) is 16.9 Å². The maximum atomic E-state index is 11.0. The number of hydrogen-bond acceptors (Lipinski definition) is 4. The zero-order chi connectivity index (χ0) is 15.4. The largest absolute Gasteiger partial charge is 0.380 e. The van der Waals surface area contributed by atoms with E-state index in [1.807, 2.05) is 6.07 Å². The van der Waals surface area contributed by atoms with E-state index in [-0.39, 0.29) is 12.2 Å². The van der Waals surface area contributed by atoms with Crippen molar-refractivity contribution in [2.45, 2.75) is 6.54 Å². The van der Waals surface area contributed by atoms with Gasteiger partial charge in [-0.2, -0.15) is 5.26 Å². The van der Waals surface area contributed by atoms with Gasteiger partial charge in [-0.1, -0.05) is 11.6 Å². The summed E-state index contributed by atoms with van der Waals surface area (Å²) in [5, 5.41) is 23.2. The first-order valence-electron chi connectivity index (χ1n) is 5.87. The molecule has 0 aliphatic rings. The molecule has 0 fully saturated rings. The smallest absolute Gasteiger partial charge is 0.275 e. The van der Waals surface area contributed by atoms with Crippen LogP contribution in [0.2, 0.25) is 5.02 Å². The van der Waals surface area contributed by atoms with E-state index in [1.165, 1.54) is 6.07 Å². The van der Waals surface area contributed by atoms with Gasteiger partial charge in [0.25, 0.3) is 5.69 Å². The summed E-state index contributed by atoms with van der Waals surface area (Å²) < 4.78 is 0.721. The average molecular weight is 367 g/mol. The van der Waals surface area contributed by atoms with Crippen molar-refractivity contribution in [1.29, 1.82) is 5.26 Å². The molecule has 2 aromatic carbocycles. The van der Waals surface area contributed by atoms with Crippen LogP contribution in [0.5, 0.6) is 0 Å². The van der Waals surface area contributed by atoms with Gasteiger partial charge in [-0.3, -0.25) is 10.1 Å². The number of rotatable bonds is 4. The van der Waals surface area contributed by atoms with Crippen LogP contribution in [0.4, 0.5) is 11.4 Å². The molecule has 0 radical (unpaired) electrons. The van der Waals surface area contributed by atoms with Gasteiger partial charge in [-0.25, -0.2) is 0 Å². The molecule has 1 N–H and O–H groups in total. The Kier molecular flexibility index (Phi) is 4.78. The summed E-state index contributed by atoms with van der Waals surface area (Å²) in [5.74, 6) is 0. The predicted octanol–water partition coefficient (Wildman–Crippen LogP) is 4.49. The number of anilines is 1. The molecule has 0 saturated carbocycles. The summed E-state index contributed by atoms with van der Waals surface area (Å²) in [6.45, 7) is 0.276. The highest BCUT2D eigenvalue weighted by molar-refractivity contribution is 9.10. The van der Waals surface area contributed by atoms with Crippen molar-refractivity contribution < 1.29 is 4.92 Å². The maximum Gasteiger partial charge on any atom is 0.275 e. The molecular formula is C14H9BrClN3O2. The summed E-state index contributed by atoms with van der Waals surface area (Å²) in [7, 11) is 0. The quantitative estimate of drug-likeness (QED) is 0.638. The normalized spacial score (nSPS) is 9.95. The molecular weight excluding hydrogens is 358 g/mol. The number of nitro groups is 1. The first-order valence-corrected chi connectivity index (χ1v) is 7.04. The lowest BCUT2D eigenvalue weighted by atomic mass is 10.1. The molecule has 7 heteroatoms. The fourth-order valence-corrected chi connectivity index (χ4v) is 2.46. The van der Waals surface area contributed by atoms with Crippen molar-refractivity contribution in [2.24, 2.45) is 0 Å². The number of nitrogens with one attached hydrogen (secondary N) is 1. The Bertz CT molecular complexity index is 743. The molecule has 2 aromatic rings.